The Hall–Kier alpha value is -2.53. The maximum absolute atomic E-state index is 13.2. The minimum Gasteiger partial charge on any atom is -0.507 e. The molecule has 9 nitrogen and oxygen atoms in total. The standard InChI is InChI=1S/C22H24O9/c1-21(22(30)7-15(27)19(28)16(9-24)31-22)11-3-2-4-13(25)17(11)20(29)18-12(21)5-10(8-23)6-14(18)26/h2-6,15-16,19,23-28,30H,7-9H2,1H3/t15-,16+,19+,21+,22-/m1/s1. The molecule has 0 bridgehead atoms. The van der Waals surface area contributed by atoms with Gasteiger partial charge in [0.05, 0.1) is 35.9 Å². The minimum absolute atomic E-state index is 0.113. The molecular weight excluding hydrogens is 408 g/mol. The number of aliphatic hydroxyl groups excluding tert-OH is 4. The molecule has 0 aromatic heterocycles. The third-order valence-corrected chi connectivity index (χ3v) is 6.50. The Bertz CT molecular complexity index is 1050. The van der Waals surface area contributed by atoms with Gasteiger partial charge in [0.2, 0.25) is 5.78 Å². The summed E-state index contributed by atoms with van der Waals surface area (Å²) in [6.07, 6.45) is -4.75. The molecule has 0 unspecified atom stereocenters. The number of carbonyl (C=O) groups excluding carboxylic acids is 1. The Morgan fingerprint density at radius 2 is 1.74 bits per heavy atom. The zero-order valence-corrected chi connectivity index (χ0v) is 16.7. The summed E-state index contributed by atoms with van der Waals surface area (Å²) < 4.78 is 5.71. The van der Waals surface area contributed by atoms with Crippen molar-refractivity contribution >= 4 is 5.78 Å². The van der Waals surface area contributed by atoms with Gasteiger partial charge in [0.25, 0.3) is 0 Å². The summed E-state index contributed by atoms with van der Waals surface area (Å²) in [7, 11) is 0. The summed E-state index contributed by atoms with van der Waals surface area (Å²) in [5.41, 5.74) is -1.45. The second-order valence-corrected chi connectivity index (χ2v) is 8.23. The maximum atomic E-state index is 13.2. The van der Waals surface area contributed by atoms with Crippen molar-refractivity contribution in [1.82, 2.24) is 0 Å². The van der Waals surface area contributed by atoms with E-state index in [0.717, 1.165) is 0 Å². The molecule has 1 fully saturated rings. The zero-order chi connectivity index (χ0) is 22.7. The van der Waals surface area contributed by atoms with Crippen LogP contribution in [0, 0.1) is 0 Å². The van der Waals surface area contributed by atoms with E-state index in [0.29, 0.717) is 0 Å². The van der Waals surface area contributed by atoms with E-state index in [1.54, 1.807) is 0 Å². The first kappa shape index (κ1) is 21.7. The lowest BCUT2D eigenvalue weighted by atomic mass is 9.60. The lowest BCUT2D eigenvalue weighted by Gasteiger charge is -2.53. The van der Waals surface area contributed by atoms with Gasteiger partial charge in [0, 0.05) is 6.42 Å². The number of ether oxygens (including phenoxy) is 1. The highest BCUT2D eigenvalue weighted by molar-refractivity contribution is 6.16. The Morgan fingerprint density at radius 3 is 2.39 bits per heavy atom. The molecule has 166 valence electrons. The molecule has 0 saturated carbocycles. The van der Waals surface area contributed by atoms with Crippen LogP contribution in [-0.2, 0) is 16.8 Å². The predicted molar refractivity (Wildman–Crippen MR) is 106 cm³/mol. The molecule has 1 heterocycles. The molecule has 0 radical (unpaired) electrons. The van der Waals surface area contributed by atoms with Gasteiger partial charge in [0.15, 0.2) is 5.79 Å². The fourth-order valence-electron chi connectivity index (χ4n) is 4.78. The van der Waals surface area contributed by atoms with Crippen molar-refractivity contribution < 1.29 is 45.3 Å². The quantitative estimate of drug-likeness (QED) is 0.342. The van der Waals surface area contributed by atoms with Crippen molar-refractivity contribution in [1.29, 1.82) is 0 Å². The van der Waals surface area contributed by atoms with Crippen LogP contribution in [0.25, 0.3) is 0 Å². The summed E-state index contributed by atoms with van der Waals surface area (Å²) in [5, 5.41) is 72.6. The lowest BCUT2D eigenvalue weighted by molar-refractivity contribution is -0.326. The number of phenolic OH excluding ortho intramolecular Hbond substituents is 2. The molecular formula is C22H24O9. The summed E-state index contributed by atoms with van der Waals surface area (Å²) in [5.74, 6) is -3.77. The molecule has 5 atom stereocenters. The van der Waals surface area contributed by atoms with Crippen LogP contribution in [0.1, 0.15) is 46.0 Å². The molecule has 9 heteroatoms. The Kier molecular flexibility index (Phi) is 5.08. The Balaban J connectivity index is 2.06. The molecule has 7 N–H and O–H groups in total. The van der Waals surface area contributed by atoms with Gasteiger partial charge >= 0.3 is 0 Å². The van der Waals surface area contributed by atoms with Gasteiger partial charge in [-0.1, -0.05) is 18.2 Å². The van der Waals surface area contributed by atoms with E-state index >= 15 is 0 Å². The third-order valence-electron chi connectivity index (χ3n) is 6.50. The topological polar surface area (TPSA) is 168 Å². The molecule has 31 heavy (non-hydrogen) atoms. The molecule has 1 saturated heterocycles. The van der Waals surface area contributed by atoms with Gasteiger partial charge in [-0.2, -0.15) is 0 Å². The van der Waals surface area contributed by atoms with E-state index in [1.165, 1.54) is 37.3 Å². The first-order valence-corrected chi connectivity index (χ1v) is 9.80. The Morgan fingerprint density at radius 1 is 1.06 bits per heavy atom. The summed E-state index contributed by atoms with van der Waals surface area (Å²) in [4.78, 5) is 13.2. The molecule has 2 aromatic carbocycles. The highest BCUT2D eigenvalue weighted by Gasteiger charge is 2.60. The van der Waals surface area contributed by atoms with Crippen LogP contribution in [0.15, 0.2) is 30.3 Å². The number of carbonyl (C=O) groups is 1. The molecule has 4 rings (SSSR count). The van der Waals surface area contributed by atoms with E-state index in [-0.39, 0.29) is 33.6 Å². The minimum atomic E-state index is -2.27. The fourth-order valence-corrected chi connectivity index (χ4v) is 4.78. The first-order chi connectivity index (χ1) is 14.6. The average molecular weight is 432 g/mol. The van der Waals surface area contributed by atoms with Crippen LogP contribution in [0.3, 0.4) is 0 Å². The normalized spacial score (nSPS) is 32.5. The van der Waals surface area contributed by atoms with Crippen molar-refractivity contribution in [2.75, 3.05) is 6.61 Å². The number of phenols is 2. The van der Waals surface area contributed by atoms with E-state index in [4.69, 9.17) is 4.74 Å². The SMILES string of the molecule is C[C@]1([C@@]2(O)C[C@@H](O)[C@H](O)[C@H](CO)O2)c2cccc(O)c2C(=O)c2c(O)cc(CO)cc21. The molecule has 1 aliphatic carbocycles. The smallest absolute Gasteiger partial charge is 0.201 e. The lowest BCUT2D eigenvalue weighted by Crippen LogP contribution is -2.64. The van der Waals surface area contributed by atoms with Crippen LogP contribution < -0.4 is 0 Å². The highest BCUT2D eigenvalue weighted by Crippen LogP contribution is 2.54. The van der Waals surface area contributed by atoms with Gasteiger partial charge in [-0.25, -0.2) is 0 Å². The van der Waals surface area contributed by atoms with Crippen molar-refractivity contribution in [3.8, 4) is 11.5 Å². The van der Waals surface area contributed by atoms with Crippen LogP contribution in [0.2, 0.25) is 0 Å². The second kappa shape index (κ2) is 7.27. The number of benzene rings is 2. The van der Waals surface area contributed by atoms with Crippen molar-refractivity contribution in [2.24, 2.45) is 0 Å². The summed E-state index contributed by atoms with van der Waals surface area (Å²) in [6.45, 7) is 0.352. The van der Waals surface area contributed by atoms with E-state index < -0.39 is 60.7 Å². The highest BCUT2D eigenvalue weighted by atomic mass is 16.6. The maximum Gasteiger partial charge on any atom is 0.201 e. The number of rotatable bonds is 3. The number of hydrogen-bond acceptors (Lipinski definition) is 9. The van der Waals surface area contributed by atoms with Gasteiger partial charge in [0.1, 0.15) is 23.7 Å². The number of ketones is 1. The van der Waals surface area contributed by atoms with Crippen molar-refractivity contribution in [3.05, 3.63) is 58.1 Å². The number of aromatic hydroxyl groups is 2. The number of hydrogen-bond donors (Lipinski definition) is 7. The van der Waals surface area contributed by atoms with E-state index in [2.05, 4.69) is 0 Å². The number of fused-ring (bicyclic) bond motifs is 2. The van der Waals surface area contributed by atoms with Crippen LogP contribution in [0.4, 0.5) is 0 Å². The average Bonchev–Trinajstić information content (AvgIpc) is 2.73. The van der Waals surface area contributed by atoms with Gasteiger partial charge in [-0.15, -0.1) is 0 Å². The van der Waals surface area contributed by atoms with Crippen molar-refractivity contribution in [2.45, 2.75) is 49.5 Å². The summed E-state index contributed by atoms with van der Waals surface area (Å²) in [6, 6.07) is 6.92. The largest absolute Gasteiger partial charge is 0.507 e. The number of aliphatic hydroxyl groups is 5. The molecule has 1 aliphatic heterocycles. The van der Waals surface area contributed by atoms with Crippen LogP contribution >= 0.6 is 0 Å². The van der Waals surface area contributed by atoms with Gasteiger partial charge in [-0.3, -0.25) is 4.79 Å². The fraction of sp³-hybridized carbons (Fsp3) is 0.409. The predicted octanol–water partition coefficient (Wildman–Crippen LogP) is -0.368. The zero-order valence-electron chi connectivity index (χ0n) is 16.7. The third kappa shape index (κ3) is 2.89. The van der Waals surface area contributed by atoms with Crippen LogP contribution in [-0.4, -0.2) is 72.2 Å². The first-order valence-electron chi connectivity index (χ1n) is 9.80. The molecule has 0 spiro atoms. The second-order valence-electron chi connectivity index (χ2n) is 8.23. The molecule has 2 aliphatic rings. The van der Waals surface area contributed by atoms with Crippen LogP contribution in [0.5, 0.6) is 11.5 Å². The van der Waals surface area contributed by atoms with E-state index in [1.807, 2.05) is 0 Å². The molecule has 0 amide bonds. The van der Waals surface area contributed by atoms with Crippen molar-refractivity contribution in [3.63, 3.8) is 0 Å². The monoisotopic (exact) mass is 432 g/mol. The summed E-state index contributed by atoms with van der Waals surface area (Å²) >= 11 is 0. The molecule has 2 aromatic rings. The Labute approximate surface area is 177 Å². The van der Waals surface area contributed by atoms with Gasteiger partial charge < -0.3 is 40.5 Å². The van der Waals surface area contributed by atoms with E-state index in [9.17, 15) is 40.5 Å². The van der Waals surface area contributed by atoms with Gasteiger partial charge in [-0.05, 0) is 35.7 Å².